The number of aryl methyl sites for hydroxylation is 3. The molecule has 1 aromatic heterocycles. The number of piperazine rings is 1. The van der Waals surface area contributed by atoms with Crippen molar-refractivity contribution < 1.29 is 14.1 Å². The van der Waals surface area contributed by atoms with E-state index in [-0.39, 0.29) is 17.6 Å². The molecule has 2 amide bonds. The molecular weight excluding hydrogens is 306 g/mol. The van der Waals surface area contributed by atoms with Crippen molar-refractivity contribution in [2.24, 2.45) is 0 Å². The van der Waals surface area contributed by atoms with Gasteiger partial charge in [0.1, 0.15) is 0 Å². The summed E-state index contributed by atoms with van der Waals surface area (Å²) in [4.78, 5) is 28.5. The Kier molecular flexibility index (Phi) is 4.38. The van der Waals surface area contributed by atoms with Gasteiger partial charge >= 0.3 is 0 Å². The molecule has 126 valence electrons. The van der Waals surface area contributed by atoms with E-state index in [1.807, 2.05) is 32.0 Å². The fraction of sp³-hybridized carbons (Fsp3) is 0.389. The molecule has 6 heteroatoms. The van der Waals surface area contributed by atoms with Gasteiger partial charge in [-0.2, -0.15) is 0 Å². The Bertz CT molecular complexity index is 753. The first-order valence-corrected chi connectivity index (χ1v) is 8.04. The van der Waals surface area contributed by atoms with Crippen molar-refractivity contribution in [2.75, 3.05) is 26.2 Å². The van der Waals surface area contributed by atoms with Crippen LogP contribution in [0.25, 0.3) is 0 Å². The van der Waals surface area contributed by atoms with Crippen LogP contribution in [0.1, 0.15) is 37.7 Å². The minimum Gasteiger partial charge on any atom is -0.351 e. The smallest absolute Gasteiger partial charge is 0.292 e. The topological polar surface area (TPSA) is 66.7 Å². The molecule has 2 aromatic rings. The van der Waals surface area contributed by atoms with E-state index in [1.54, 1.807) is 22.8 Å². The first-order valence-electron chi connectivity index (χ1n) is 8.04. The van der Waals surface area contributed by atoms with Crippen LogP contribution < -0.4 is 0 Å². The van der Waals surface area contributed by atoms with Crippen molar-refractivity contribution in [3.8, 4) is 0 Å². The van der Waals surface area contributed by atoms with E-state index in [4.69, 9.17) is 4.52 Å². The van der Waals surface area contributed by atoms with E-state index in [9.17, 15) is 9.59 Å². The maximum Gasteiger partial charge on any atom is 0.292 e. The lowest BCUT2D eigenvalue weighted by Gasteiger charge is -2.34. The molecule has 1 saturated heterocycles. The molecule has 24 heavy (non-hydrogen) atoms. The van der Waals surface area contributed by atoms with Crippen molar-refractivity contribution in [3.05, 3.63) is 52.4 Å². The fourth-order valence-corrected chi connectivity index (χ4v) is 3.01. The summed E-state index contributed by atoms with van der Waals surface area (Å²) in [6.07, 6.45) is 0. The molecule has 0 radical (unpaired) electrons. The highest BCUT2D eigenvalue weighted by Gasteiger charge is 2.27. The van der Waals surface area contributed by atoms with Crippen LogP contribution >= 0.6 is 0 Å². The molecule has 2 heterocycles. The molecule has 1 aliphatic heterocycles. The second kappa shape index (κ2) is 6.47. The average Bonchev–Trinajstić information content (AvgIpc) is 2.99. The molecular formula is C18H21N3O3. The molecule has 0 aliphatic carbocycles. The van der Waals surface area contributed by atoms with E-state index >= 15 is 0 Å². The molecule has 1 aliphatic rings. The van der Waals surface area contributed by atoms with Crippen LogP contribution in [0, 0.1) is 20.8 Å². The van der Waals surface area contributed by atoms with Gasteiger partial charge in [0.25, 0.3) is 11.8 Å². The van der Waals surface area contributed by atoms with E-state index in [0.717, 1.165) is 11.1 Å². The Balaban J connectivity index is 1.64. The van der Waals surface area contributed by atoms with E-state index in [1.165, 1.54) is 0 Å². The van der Waals surface area contributed by atoms with Crippen LogP contribution in [-0.4, -0.2) is 52.9 Å². The van der Waals surface area contributed by atoms with Gasteiger partial charge in [-0.05, 0) is 32.9 Å². The number of carbonyl (C=O) groups is 2. The molecule has 0 N–H and O–H groups in total. The summed E-state index contributed by atoms with van der Waals surface area (Å²) in [5, 5.41) is 3.74. The molecule has 0 saturated carbocycles. The standard InChI is InChI=1S/C18H21N3O3/c1-12-8-13(2)10-15(9-12)17(22)20-4-6-21(7-5-20)18(23)16-11-14(3)19-24-16/h8-11H,4-7H2,1-3H3. The summed E-state index contributed by atoms with van der Waals surface area (Å²) < 4.78 is 5.03. The predicted octanol–water partition coefficient (Wildman–Crippen LogP) is 2.20. The van der Waals surface area contributed by atoms with Crippen LogP contribution in [0.4, 0.5) is 0 Å². The van der Waals surface area contributed by atoms with Gasteiger partial charge in [-0.15, -0.1) is 0 Å². The van der Waals surface area contributed by atoms with Gasteiger partial charge in [0.2, 0.25) is 5.76 Å². The molecule has 0 unspecified atom stereocenters. The first kappa shape index (κ1) is 16.2. The van der Waals surface area contributed by atoms with Crippen molar-refractivity contribution in [1.29, 1.82) is 0 Å². The minimum atomic E-state index is -0.172. The zero-order valence-electron chi connectivity index (χ0n) is 14.2. The van der Waals surface area contributed by atoms with Gasteiger partial charge in [-0.3, -0.25) is 9.59 Å². The number of nitrogens with zero attached hydrogens (tertiary/aromatic N) is 3. The monoisotopic (exact) mass is 327 g/mol. The fourth-order valence-electron chi connectivity index (χ4n) is 3.01. The molecule has 3 rings (SSSR count). The number of hydrogen-bond donors (Lipinski definition) is 0. The average molecular weight is 327 g/mol. The van der Waals surface area contributed by atoms with Gasteiger partial charge in [-0.25, -0.2) is 0 Å². The number of hydrogen-bond acceptors (Lipinski definition) is 4. The molecule has 0 bridgehead atoms. The summed E-state index contributed by atoms with van der Waals surface area (Å²) in [6.45, 7) is 7.78. The van der Waals surface area contributed by atoms with Crippen LogP contribution in [0.2, 0.25) is 0 Å². The van der Waals surface area contributed by atoms with E-state index in [0.29, 0.717) is 37.4 Å². The number of rotatable bonds is 2. The third-order valence-corrected chi connectivity index (χ3v) is 4.16. The summed E-state index contributed by atoms with van der Waals surface area (Å²) in [5.74, 6) is 0.0973. The predicted molar refractivity (Wildman–Crippen MR) is 89.0 cm³/mol. The van der Waals surface area contributed by atoms with Crippen molar-refractivity contribution in [3.63, 3.8) is 0 Å². The molecule has 1 aromatic carbocycles. The van der Waals surface area contributed by atoms with Crippen molar-refractivity contribution in [1.82, 2.24) is 15.0 Å². The van der Waals surface area contributed by atoms with Crippen LogP contribution in [-0.2, 0) is 0 Å². The van der Waals surface area contributed by atoms with E-state index in [2.05, 4.69) is 5.16 Å². The Morgan fingerprint density at radius 1 is 0.875 bits per heavy atom. The second-order valence-electron chi connectivity index (χ2n) is 6.29. The van der Waals surface area contributed by atoms with Gasteiger partial charge < -0.3 is 14.3 Å². The third-order valence-electron chi connectivity index (χ3n) is 4.16. The summed E-state index contributed by atoms with van der Waals surface area (Å²) in [7, 11) is 0. The van der Waals surface area contributed by atoms with Gasteiger partial charge in [0.05, 0.1) is 5.69 Å². The second-order valence-corrected chi connectivity index (χ2v) is 6.29. The lowest BCUT2D eigenvalue weighted by atomic mass is 10.1. The molecule has 0 spiro atoms. The Hall–Kier alpha value is -2.63. The lowest BCUT2D eigenvalue weighted by Crippen LogP contribution is -2.50. The van der Waals surface area contributed by atoms with Gasteiger partial charge in [0.15, 0.2) is 0 Å². The van der Waals surface area contributed by atoms with Crippen LogP contribution in [0.3, 0.4) is 0 Å². The van der Waals surface area contributed by atoms with Gasteiger partial charge in [0, 0.05) is 37.8 Å². The zero-order chi connectivity index (χ0) is 17.3. The highest BCUT2D eigenvalue weighted by Crippen LogP contribution is 2.15. The normalized spacial score (nSPS) is 14.8. The number of aromatic nitrogens is 1. The Morgan fingerprint density at radius 3 is 1.92 bits per heavy atom. The van der Waals surface area contributed by atoms with Crippen molar-refractivity contribution >= 4 is 11.8 Å². The van der Waals surface area contributed by atoms with E-state index < -0.39 is 0 Å². The molecule has 6 nitrogen and oxygen atoms in total. The Labute approximate surface area is 141 Å². The maximum absolute atomic E-state index is 12.6. The highest BCUT2D eigenvalue weighted by molar-refractivity contribution is 5.95. The zero-order valence-corrected chi connectivity index (χ0v) is 14.2. The lowest BCUT2D eigenvalue weighted by molar-refractivity contribution is 0.0512. The summed E-state index contributed by atoms with van der Waals surface area (Å²) in [6, 6.07) is 7.50. The molecule has 0 atom stereocenters. The van der Waals surface area contributed by atoms with Crippen molar-refractivity contribution in [2.45, 2.75) is 20.8 Å². The summed E-state index contributed by atoms with van der Waals surface area (Å²) in [5.41, 5.74) is 3.54. The Morgan fingerprint density at radius 2 is 1.42 bits per heavy atom. The van der Waals surface area contributed by atoms with Crippen LogP contribution in [0.5, 0.6) is 0 Å². The van der Waals surface area contributed by atoms with Gasteiger partial charge in [-0.1, -0.05) is 22.3 Å². The minimum absolute atomic E-state index is 0.0180. The quantitative estimate of drug-likeness (QED) is 0.848. The number of amides is 2. The largest absolute Gasteiger partial charge is 0.351 e. The van der Waals surface area contributed by atoms with Crippen LogP contribution in [0.15, 0.2) is 28.8 Å². The highest BCUT2D eigenvalue weighted by atomic mass is 16.5. The maximum atomic E-state index is 12.6. The number of carbonyl (C=O) groups excluding carboxylic acids is 2. The third kappa shape index (κ3) is 3.32. The first-order chi connectivity index (χ1) is 11.4. The molecule has 1 fully saturated rings. The number of benzene rings is 1. The summed E-state index contributed by atoms with van der Waals surface area (Å²) >= 11 is 0. The SMILES string of the molecule is Cc1cc(C)cc(C(=O)N2CCN(C(=O)c3cc(C)no3)CC2)c1.